The van der Waals surface area contributed by atoms with Gasteiger partial charge >= 0.3 is 6.01 Å². The maximum Gasteiger partial charge on any atom is 0.319 e. The van der Waals surface area contributed by atoms with Crippen LogP contribution in [0.4, 0.5) is 10.2 Å². The first kappa shape index (κ1) is 19.5. The molecule has 1 N–H and O–H groups in total. The van der Waals surface area contributed by atoms with Gasteiger partial charge in [0, 0.05) is 38.1 Å². The number of piperazine rings is 1. The number of hydrogen-bond acceptors (Lipinski definition) is 6. The summed E-state index contributed by atoms with van der Waals surface area (Å²) in [5.41, 5.74) is 0.215. The maximum atomic E-state index is 14.8. The van der Waals surface area contributed by atoms with Crippen molar-refractivity contribution in [2.45, 2.75) is 6.42 Å². The predicted molar refractivity (Wildman–Crippen MR) is 106 cm³/mol. The highest BCUT2D eigenvalue weighted by Crippen LogP contribution is 2.36. The van der Waals surface area contributed by atoms with E-state index in [1.807, 2.05) is 14.1 Å². The lowest BCUT2D eigenvalue weighted by Crippen LogP contribution is -2.44. The van der Waals surface area contributed by atoms with Crippen LogP contribution < -0.4 is 15.0 Å². The van der Waals surface area contributed by atoms with E-state index in [2.05, 4.69) is 41.0 Å². The summed E-state index contributed by atoms with van der Waals surface area (Å²) in [7, 11) is 4.01. The van der Waals surface area contributed by atoms with Crippen molar-refractivity contribution in [3.05, 3.63) is 21.4 Å². The van der Waals surface area contributed by atoms with Crippen LogP contribution in [0.1, 0.15) is 6.42 Å². The number of nitrogens with zero attached hydrogens (tertiary/aromatic N) is 4. The first-order valence-electron chi connectivity index (χ1n) is 8.56. The van der Waals surface area contributed by atoms with Crippen LogP contribution in [0.15, 0.2) is 10.5 Å². The molecule has 1 saturated heterocycles. The molecular formula is C17H22BrClFN5O. The molecule has 1 aliphatic heterocycles. The third kappa shape index (κ3) is 4.36. The maximum absolute atomic E-state index is 14.8. The molecule has 0 radical (unpaired) electrons. The predicted octanol–water partition coefficient (Wildman–Crippen LogP) is 2.92. The highest BCUT2D eigenvalue weighted by Gasteiger charge is 2.21. The van der Waals surface area contributed by atoms with E-state index < -0.39 is 5.82 Å². The highest BCUT2D eigenvalue weighted by atomic mass is 79.9. The molecule has 2 heterocycles. The minimum atomic E-state index is -0.496. The normalized spacial score (nSPS) is 15.1. The van der Waals surface area contributed by atoms with Gasteiger partial charge in [-0.25, -0.2) is 4.39 Å². The molecule has 0 spiro atoms. The number of anilines is 1. The molecule has 3 rings (SSSR count). The minimum absolute atomic E-state index is 0.193. The van der Waals surface area contributed by atoms with Gasteiger partial charge in [-0.1, -0.05) is 11.6 Å². The van der Waals surface area contributed by atoms with Gasteiger partial charge in [-0.2, -0.15) is 9.97 Å². The SMILES string of the molecule is CN(C)CCCOc1nc(N2CCNCC2)c2cc(Cl)c(Br)c(F)c2n1. The second-order valence-electron chi connectivity index (χ2n) is 6.45. The summed E-state index contributed by atoms with van der Waals surface area (Å²) in [6.45, 7) is 4.62. The molecular weight excluding hydrogens is 425 g/mol. The van der Waals surface area contributed by atoms with E-state index in [1.165, 1.54) is 0 Å². The molecule has 0 amide bonds. The summed E-state index contributed by atoms with van der Waals surface area (Å²) in [4.78, 5) is 13.0. The van der Waals surface area contributed by atoms with Crippen molar-refractivity contribution in [1.29, 1.82) is 0 Å². The Morgan fingerprint density at radius 2 is 2.08 bits per heavy atom. The summed E-state index contributed by atoms with van der Waals surface area (Å²) < 4.78 is 20.7. The third-order valence-electron chi connectivity index (χ3n) is 4.18. The van der Waals surface area contributed by atoms with Crippen molar-refractivity contribution in [3.63, 3.8) is 0 Å². The Morgan fingerprint density at radius 3 is 2.77 bits per heavy atom. The van der Waals surface area contributed by atoms with Gasteiger partial charge in [0.05, 0.1) is 16.1 Å². The topological polar surface area (TPSA) is 53.5 Å². The van der Waals surface area contributed by atoms with E-state index in [0.717, 1.165) is 39.1 Å². The van der Waals surface area contributed by atoms with Crippen LogP contribution >= 0.6 is 27.5 Å². The van der Waals surface area contributed by atoms with Crippen molar-refractivity contribution >= 4 is 44.3 Å². The average Bonchev–Trinajstić information content (AvgIpc) is 2.64. The fourth-order valence-corrected chi connectivity index (χ4v) is 3.36. The monoisotopic (exact) mass is 445 g/mol. The number of hydrogen-bond donors (Lipinski definition) is 1. The second-order valence-corrected chi connectivity index (χ2v) is 7.65. The van der Waals surface area contributed by atoms with Gasteiger partial charge in [-0.3, -0.25) is 0 Å². The largest absolute Gasteiger partial charge is 0.463 e. The zero-order chi connectivity index (χ0) is 18.7. The zero-order valence-corrected chi connectivity index (χ0v) is 17.2. The molecule has 0 unspecified atom stereocenters. The molecule has 1 aromatic heterocycles. The fraction of sp³-hybridized carbons (Fsp3) is 0.529. The van der Waals surface area contributed by atoms with Gasteiger partial charge in [-0.05, 0) is 42.5 Å². The molecule has 1 aliphatic rings. The molecule has 6 nitrogen and oxygen atoms in total. The summed E-state index contributed by atoms with van der Waals surface area (Å²) in [6.07, 6.45) is 0.837. The van der Waals surface area contributed by atoms with Gasteiger partial charge in [0.1, 0.15) is 11.3 Å². The van der Waals surface area contributed by atoms with Gasteiger partial charge in [-0.15, -0.1) is 0 Å². The van der Waals surface area contributed by atoms with E-state index in [-0.39, 0.29) is 16.0 Å². The molecule has 26 heavy (non-hydrogen) atoms. The average molecular weight is 447 g/mol. The molecule has 0 aliphatic carbocycles. The van der Waals surface area contributed by atoms with Crippen molar-refractivity contribution < 1.29 is 9.13 Å². The van der Waals surface area contributed by atoms with Gasteiger partial charge in [0.25, 0.3) is 0 Å². The number of aromatic nitrogens is 2. The quantitative estimate of drug-likeness (QED) is 0.544. The molecule has 0 bridgehead atoms. The number of nitrogens with one attached hydrogen (secondary N) is 1. The fourth-order valence-electron chi connectivity index (χ4n) is 2.86. The van der Waals surface area contributed by atoms with E-state index in [4.69, 9.17) is 16.3 Å². The lowest BCUT2D eigenvalue weighted by atomic mass is 10.2. The van der Waals surface area contributed by atoms with Crippen LogP contribution in [0.5, 0.6) is 6.01 Å². The molecule has 9 heteroatoms. The number of fused-ring (bicyclic) bond motifs is 1. The molecule has 1 aromatic carbocycles. The van der Waals surface area contributed by atoms with Gasteiger partial charge < -0.3 is 19.9 Å². The molecule has 142 valence electrons. The van der Waals surface area contributed by atoms with Crippen molar-refractivity contribution in [2.75, 3.05) is 58.3 Å². The Labute approximate surface area is 165 Å². The van der Waals surface area contributed by atoms with Crippen molar-refractivity contribution in [1.82, 2.24) is 20.2 Å². The Balaban J connectivity index is 1.98. The molecule has 0 saturated carbocycles. The summed E-state index contributed by atoms with van der Waals surface area (Å²) in [6, 6.07) is 1.90. The van der Waals surface area contributed by atoms with Crippen LogP contribution in [-0.2, 0) is 0 Å². The lowest BCUT2D eigenvalue weighted by molar-refractivity contribution is 0.264. The van der Waals surface area contributed by atoms with E-state index in [9.17, 15) is 4.39 Å². The number of ether oxygens (including phenoxy) is 1. The van der Waals surface area contributed by atoms with Crippen LogP contribution in [0.25, 0.3) is 10.9 Å². The summed E-state index contributed by atoms with van der Waals surface area (Å²) in [5, 5.41) is 4.20. The minimum Gasteiger partial charge on any atom is -0.463 e. The van der Waals surface area contributed by atoms with E-state index >= 15 is 0 Å². The number of benzene rings is 1. The summed E-state index contributed by atoms with van der Waals surface area (Å²) in [5.74, 6) is 0.164. The first-order valence-corrected chi connectivity index (χ1v) is 9.73. The lowest BCUT2D eigenvalue weighted by Gasteiger charge is -2.29. The van der Waals surface area contributed by atoms with Crippen molar-refractivity contribution in [3.8, 4) is 6.01 Å². The Bertz CT molecular complexity index is 786. The van der Waals surface area contributed by atoms with Gasteiger partial charge in [0.15, 0.2) is 5.82 Å². The molecule has 0 atom stereocenters. The number of halogens is 3. The highest BCUT2D eigenvalue weighted by molar-refractivity contribution is 9.10. The van der Waals surface area contributed by atoms with E-state index in [1.54, 1.807) is 6.07 Å². The molecule has 1 fully saturated rings. The number of rotatable bonds is 6. The Hall–Kier alpha value is -1.22. The smallest absolute Gasteiger partial charge is 0.319 e. The first-order chi connectivity index (χ1) is 12.5. The Kier molecular flexibility index (Phi) is 6.50. The molecule has 2 aromatic rings. The Morgan fingerprint density at radius 1 is 1.35 bits per heavy atom. The zero-order valence-electron chi connectivity index (χ0n) is 14.9. The third-order valence-corrected chi connectivity index (χ3v) is 5.49. The van der Waals surface area contributed by atoms with Crippen LogP contribution in [0.3, 0.4) is 0 Å². The van der Waals surface area contributed by atoms with E-state index in [0.29, 0.717) is 22.8 Å². The van der Waals surface area contributed by atoms with Gasteiger partial charge in [0.2, 0.25) is 0 Å². The van der Waals surface area contributed by atoms with Crippen LogP contribution in [0.2, 0.25) is 5.02 Å². The van der Waals surface area contributed by atoms with Crippen LogP contribution in [-0.4, -0.2) is 68.3 Å². The van der Waals surface area contributed by atoms with Crippen LogP contribution in [0, 0.1) is 5.82 Å². The van der Waals surface area contributed by atoms with Crippen molar-refractivity contribution in [2.24, 2.45) is 0 Å². The second kappa shape index (κ2) is 8.65. The summed E-state index contributed by atoms with van der Waals surface area (Å²) >= 11 is 9.35. The standard InChI is InChI=1S/C17H22BrClFN5O/c1-24(2)6-3-9-26-17-22-15-11(10-12(19)13(18)14(15)20)16(23-17)25-7-4-21-5-8-25/h10,21H,3-9H2,1-2H3.